The molecule has 104 valence electrons. The predicted molar refractivity (Wildman–Crippen MR) is 72.5 cm³/mol. The predicted octanol–water partition coefficient (Wildman–Crippen LogP) is 0.969. The molecule has 0 bridgehead atoms. The first-order valence-corrected chi connectivity index (χ1v) is 6.15. The second-order valence-corrected chi connectivity index (χ2v) is 4.41. The molecule has 1 unspecified atom stereocenters. The van der Waals surface area contributed by atoms with Crippen molar-refractivity contribution in [3.05, 3.63) is 35.9 Å². The van der Waals surface area contributed by atoms with Gasteiger partial charge in [-0.05, 0) is 19.7 Å². The number of hydrogen-bond acceptors (Lipinski definition) is 4. The van der Waals surface area contributed by atoms with Gasteiger partial charge in [0, 0.05) is 6.92 Å². The van der Waals surface area contributed by atoms with E-state index in [1.807, 2.05) is 49.3 Å². The summed E-state index contributed by atoms with van der Waals surface area (Å²) < 4.78 is 4.77. The Labute approximate surface area is 113 Å². The van der Waals surface area contributed by atoms with Gasteiger partial charge in [0.25, 0.3) is 0 Å². The van der Waals surface area contributed by atoms with E-state index in [4.69, 9.17) is 4.74 Å². The number of benzene rings is 1. The third-order valence-electron chi connectivity index (χ3n) is 2.59. The molecule has 0 spiro atoms. The van der Waals surface area contributed by atoms with Crippen molar-refractivity contribution in [3.63, 3.8) is 0 Å². The van der Waals surface area contributed by atoms with Crippen LogP contribution in [0.25, 0.3) is 0 Å². The molecule has 0 aliphatic carbocycles. The highest BCUT2D eigenvalue weighted by Crippen LogP contribution is 2.17. The molecular weight excluding hydrogens is 244 g/mol. The lowest BCUT2D eigenvalue weighted by atomic mass is 10.1. The molecule has 19 heavy (non-hydrogen) atoms. The van der Waals surface area contributed by atoms with E-state index in [-0.39, 0.29) is 24.5 Å². The Morgan fingerprint density at radius 3 is 2.42 bits per heavy atom. The van der Waals surface area contributed by atoms with Gasteiger partial charge in [0.1, 0.15) is 12.6 Å². The van der Waals surface area contributed by atoms with E-state index in [2.05, 4.69) is 5.32 Å². The first-order valence-electron chi connectivity index (χ1n) is 6.15. The van der Waals surface area contributed by atoms with Crippen LogP contribution in [-0.4, -0.2) is 44.0 Å². The average molecular weight is 264 g/mol. The Balaban J connectivity index is 2.57. The largest absolute Gasteiger partial charge is 0.464 e. The number of likely N-dealkylation sites (N-methyl/N-ethyl adjacent to an activating group) is 1. The number of carbonyl (C=O) groups is 2. The lowest BCUT2D eigenvalue weighted by Gasteiger charge is -2.23. The summed E-state index contributed by atoms with van der Waals surface area (Å²) in [6, 6.07) is 9.19. The van der Waals surface area contributed by atoms with Crippen molar-refractivity contribution in [2.45, 2.75) is 13.0 Å². The van der Waals surface area contributed by atoms with Crippen LogP contribution in [0.5, 0.6) is 0 Å². The first-order chi connectivity index (χ1) is 9.02. The van der Waals surface area contributed by atoms with Gasteiger partial charge in [0.05, 0.1) is 6.54 Å². The molecule has 1 aromatic rings. The molecule has 1 N–H and O–H groups in total. The van der Waals surface area contributed by atoms with Crippen LogP contribution in [0.15, 0.2) is 30.3 Å². The minimum Gasteiger partial charge on any atom is -0.464 e. The average Bonchev–Trinajstić information content (AvgIpc) is 2.35. The van der Waals surface area contributed by atoms with Crippen molar-refractivity contribution in [1.82, 2.24) is 10.2 Å². The topological polar surface area (TPSA) is 58.6 Å². The molecular formula is C14H20N2O3. The molecule has 0 aliphatic heterocycles. The van der Waals surface area contributed by atoms with Crippen LogP contribution in [0.1, 0.15) is 18.5 Å². The van der Waals surface area contributed by atoms with Gasteiger partial charge in [-0.3, -0.25) is 14.5 Å². The Morgan fingerprint density at radius 2 is 1.89 bits per heavy atom. The van der Waals surface area contributed by atoms with Crippen molar-refractivity contribution in [1.29, 1.82) is 0 Å². The van der Waals surface area contributed by atoms with E-state index in [0.717, 1.165) is 5.56 Å². The van der Waals surface area contributed by atoms with Crippen LogP contribution in [0, 0.1) is 0 Å². The lowest BCUT2D eigenvalue weighted by molar-refractivity contribution is -0.141. The molecule has 1 amide bonds. The van der Waals surface area contributed by atoms with Gasteiger partial charge in [-0.2, -0.15) is 0 Å². The van der Waals surface area contributed by atoms with Crippen LogP contribution in [-0.2, 0) is 14.3 Å². The maximum Gasteiger partial charge on any atom is 0.302 e. The Hall–Kier alpha value is -1.88. The van der Waals surface area contributed by atoms with Crippen molar-refractivity contribution in [2.75, 3.05) is 27.2 Å². The number of amides is 1. The second kappa shape index (κ2) is 7.53. The molecule has 1 rings (SSSR count). The summed E-state index contributed by atoms with van der Waals surface area (Å²) in [5.41, 5.74) is 0.928. The first kappa shape index (κ1) is 15.2. The van der Waals surface area contributed by atoms with Crippen LogP contribution >= 0.6 is 0 Å². The number of rotatable bonds is 6. The van der Waals surface area contributed by atoms with Gasteiger partial charge < -0.3 is 10.1 Å². The van der Waals surface area contributed by atoms with E-state index in [9.17, 15) is 9.59 Å². The minimum atomic E-state index is -0.349. The summed E-state index contributed by atoms with van der Waals surface area (Å²) in [4.78, 5) is 24.6. The summed E-state index contributed by atoms with van der Waals surface area (Å²) in [6.07, 6.45) is 0. The van der Waals surface area contributed by atoms with E-state index in [1.165, 1.54) is 6.92 Å². The Morgan fingerprint density at radius 1 is 1.26 bits per heavy atom. The molecule has 1 atom stereocenters. The quantitative estimate of drug-likeness (QED) is 0.614. The van der Waals surface area contributed by atoms with Crippen LogP contribution in [0.3, 0.4) is 0 Å². The number of hydrogen-bond donors (Lipinski definition) is 1. The Bertz CT molecular complexity index is 418. The van der Waals surface area contributed by atoms with Gasteiger partial charge in [0.15, 0.2) is 0 Å². The molecule has 0 heterocycles. The fraction of sp³-hybridized carbons (Fsp3) is 0.429. The third-order valence-corrected chi connectivity index (χ3v) is 2.59. The van der Waals surface area contributed by atoms with Crippen LogP contribution in [0.2, 0.25) is 0 Å². The zero-order chi connectivity index (χ0) is 14.3. The van der Waals surface area contributed by atoms with E-state index in [0.29, 0.717) is 6.54 Å². The molecule has 0 saturated heterocycles. The molecule has 1 aromatic carbocycles. The summed E-state index contributed by atoms with van der Waals surface area (Å²) in [5, 5.41) is 2.76. The normalized spacial score (nSPS) is 12.0. The lowest BCUT2D eigenvalue weighted by Crippen LogP contribution is -2.38. The standard InChI is InChI=1S/C14H20N2O3/c1-11(17)19-10-9-15-14(18)13(16(2)3)12-7-5-4-6-8-12/h4-8,13H,9-10H2,1-3H3,(H,15,18). The van der Waals surface area contributed by atoms with Gasteiger partial charge in [-0.1, -0.05) is 30.3 Å². The summed E-state index contributed by atoms with van der Waals surface area (Å²) in [6.45, 7) is 1.85. The molecule has 0 aliphatic rings. The minimum absolute atomic E-state index is 0.108. The molecule has 0 radical (unpaired) electrons. The van der Waals surface area contributed by atoms with Crippen molar-refractivity contribution in [3.8, 4) is 0 Å². The zero-order valence-electron chi connectivity index (χ0n) is 11.6. The maximum absolute atomic E-state index is 12.1. The zero-order valence-corrected chi connectivity index (χ0v) is 11.6. The smallest absolute Gasteiger partial charge is 0.302 e. The summed E-state index contributed by atoms with van der Waals surface area (Å²) >= 11 is 0. The van der Waals surface area contributed by atoms with Gasteiger partial charge in [0.2, 0.25) is 5.91 Å². The van der Waals surface area contributed by atoms with Crippen LogP contribution < -0.4 is 5.32 Å². The second-order valence-electron chi connectivity index (χ2n) is 4.41. The summed E-state index contributed by atoms with van der Waals surface area (Å²) in [5.74, 6) is -0.454. The van der Waals surface area contributed by atoms with Crippen molar-refractivity contribution < 1.29 is 14.3 Å². The fourth-order valence-corrected chi connectivity index (χ4v) is 1.79. The fourth-order valence-electron chi connectivity index (χ4n) is 1.79. The summed E-state index contributed by atoms with van der Waals surface area (Å²) in [7, 11) is 3.70. The number of ether oxygens (including phenoxy) is 1. The molecule has 0 saturated carbocycles. The molecule has 0 aromatic heterocycles. The van der Waals surface area contributed by atoms with Gasteiger partial charge in [-0.15, -0.1) is 0 Å². The highest BCUT2D eigenvalue weighted by Gasteiger charge is 2.22. The van der Waals surface area contributed by atoms with Gasteiger partial charge in [-0.25, -0.2) is 0 Å². The monoisotopic (exact) mass is 264 g/mol. The number of carbonyl (C=O) groups excluding carboxylic acids is 2. The Kier molecular flexibility index (Phi) is 6.02. The third kappa shape index (κ3) is 5.09. The maximum atomic E-state index is 12.1. The van der Waals surface area contributed by atoms with Crippen molar-refractivity contribution >= 4 is 11.9 Å². The van der Waals surface area contributed by atoms with Gasteiger partial charge >= 0.3 is 5.97 Å². The SMILES string of the molecule is CC(=O)OCCNC(=O)C(c1ccccc1)N(C)C. The van der Waals surface area contributed by atoms with Crippen LogP contribution in [0.4, 0.5) is 0 Å². The number of nitrogens with zero attached hydrogens (tertiary/aromatic N) is 1. The molecule has 5 nitrogen and oxygen atoms in total. The van der Waals surface area contributed by atoms with E-state index < -0.39 is 0 Å². The number of nitrogens with one attached hydrogen (secondary N) is 1. The highest BCUT2D eigenvalue weighted by atomic mass is 16.5. The van der Waals surface area contributed by atoms with Crippen molar-refractivity contribution in [2.24, 2.45) is 0 Å². The highest BCUT2D eigenvalue weighted by molar-refractivity contribution is 5.83. The van der Waals surface area contributed by atoms with E-state index in [1.54, 1.807) is 0 Å². The van der Waals surface area contributed by atoms with E-state index >= 15 is 0 Å². The molecule has 0 fully saturated rings. The number of esters is 1. The molecule has 5 heteroatoms.